The molecule has 0 spiro atoms. The van der Waals surface area contributed by atoms with Crippen LogP contribution in [0.15, 0.2) is 110 Å². The third-order valence-corrected chi connectivity index (χ3v) is 6.11. The van der Waals surface area contributed by atoms with Gasteiger partial charge in [-0.2, -0.15) is 0 Å². The molecule has 0 aliphatic heterocycles. The van der Waals surface area contributed by atoms with E-state index in [9.17, 15) is 4.79 Å². The average molecular weight is 429 g/mol. The molecule has 0 unspecified atom stereocenters. The lowest BCUT2D eigenvalue weighted by Crippen LogP contribution is -2.04. The lowest BCUT2D eigenvalue weighted by Gasteiger charge is -2.03. The Labute approximate surface area is 186 Å². The fraction of sp³-hybridized carbons (Fsp3) is 0. The summed E-state index contributed by atoms with van der Waals surface area (Å²) in [6, 6.07) is 23.3. The molecule has 0 fully saturated rings. The maximum atomic E-state index is 13.0. The van der Waals surface area contributed by atoms with Crippen LogP contribution in [-0.2, 0) is 0 Å². The van der Waals surface area contributed by atoms with Gasteiger partial charge < -0.3 is 13.3 Å². The number of aromatic nitrogens is 1. The normalized spacial score (nSPS) is 11.8. The van der Waals surface area contributed by atoms with Gasteiger partial charge >= 0.3 is 0 Å². The summed E-state index contributed by atoms with van der Waals surface area (Å²) in [6.45, 7) is 0. The van der Waals surface area contributed by atoms with Gasteiger partial charge in [0.2, 0.25) is 11.1 Å². The number of benzene rings is 3. The fourth-order valence-electron chi connectivity index (χ4n) is 4.41. The lowest BCUT2D eigenvalue weighted by molar-refractivity contribution is 0.604. The molecule has 5 nitrogen and oxygen atoms in total. The monoisotopic (exact) mass is 429 g/mol. The zero-order valence-corrected chi connectivity index (χ0v) is 17.2. The first-order chi connectivity index (χ1) is 16.2. The topological polar surface area (TPSA) is 69.4 Å². The lowest BCUT2D eigenvalue weighted by atomic mass is 10.0. The quantitative estimate of drug-likeness (QED) is 0.291. The Kier molecular flexibility index (Phi) is 3.64. The van der Waals surface area contributed by atoms with Crippen molar-refractivity contribution in [2.45, 2.75) is 0 Å². The van der Waals surface area contributed by atoms with E-state index < -0.39 is 0 Å². The van der Waals surface area contributed by atoms with Crippen LogP contribution in [0.5, 0.6) is 0 Å². The third kappa shape index (κ3) is 2.72. The van der Waals surface area contributed by atoms with Crippen molar-refractivity contribution < 1.29 is 13.3 Å². The fourth-order valence-corrected chi connectivity index (χ4v) is 4.41. The van der Waals surface area contributed by atoms with Crippen LogP contribution in [-0.4, -0.2) is 4.98 Å². The zero-order valence-electron chi connectivity index (χ0n) is 17.2. The molecule has 5 heteroatoms. The Bertz CT molecular complexity index is 1900. The molecule has 0 saturated carbocycles. The Hall–Kier alpha value is -4.64. The van der Waals surface area contributed by atoms with Gasteiger partial charge in [0, 0.05) is 27.9 Å². The summed E-state index contributed by atoms with van der Waals surface area (Å²) in [5.74, 6) is 0. The molecule has 7 rings (SSSR count). The van der Waals surface area contributed by atoms with Gasteiger partial charge in [-0.15, -0.1) is 0 Å². The number of para-hydroxylation sites is 1. The predicted octanol–water partition coefficient (Wildman–Crippen LogP) is 7.17. The Morgan fingerprint density at radius 3 is 2.52 bits per heavy atom. The SMILES string of the molecule is O=c1c(-c2cnc3oc4cc(-c5ccc6occc6c5)ccc4c3c2)coc2ccccc12. The van der Waals surface area contributed by atoms with Crippen molar-refractivity contribution in [1.29, 1.82) is 0 Å². The third-order valence-electron chi connectivity index (χ3n) is 6.11. The predicted molar refractivity (Wildman–Crippen MR) is 128 cm³/mol. The summed E-state index contributed by atoms with van der Waals surface area (Å²) in [7, 11) is 0. The second-order valence-electron chi connectivity index (χ2n) is 8.04. The molecule has 0 atom stereocenters. The van der Waals surface area contributed by atoms with Gasteiger partial charge in [-0.25, -0.2) is 4.98 Å². The van der Waals surface area contributed by atoms with E-state index in [-0.39, 0.29) is 5.43 Å². The number of fused-ring (bicyclic) bond motifs is 5. The van der Waals surface area contributed by atoms with Crippen LogP contribution in [0, 0.1) is 0 Å². The van der Waals surface area contributed by atoms with E-state index in [1.54, 1.807) is 24.6 Å². The second-order valence-corrected chi connectivity index (χ2v) is 8.04. The maximum absolute atomic E-state index is 13.0. The van der Waals surface area contributed by atoms with E-state index in [1.807, 2.05) is 48.5 Å². The summed E-state index contributed by atoms with van der Waals surface area (Å²) in [5.41, 5.74) is 5.90. The molecular weight excluding hydrogens is 414 g/mol. The maximum Gasteiger partial charge on any atom is 0.227 e. The smallest absolute Gasteiger partial charge is 0.227 e. The number of hydrogen-bond acceptors (Lipinski definition) is 5. The van der Waals surface area contributed by atoms with Crippen LogP contribution in [0.2, 0.25) is 0 Å². The van der Waals surface area contributed by atoms with Gasteiger partial charge in [-0.05, 0) is 59.7 Å². The number of nitrogens with zero attached hydrogens (tertiary/aromatic N) is 1. The Morgan fingerprint density at radius 2 is 1.55 bits per heavy atom. The van der Waals surface area contributed by atoms with Gasteiger partial charge in [-0.3, -0.25) is 4.79 Å². The minimum atomic E-state index is -0.0808. The minimum Gasteiger partial charge on any atom is -0.464 e. The first-order valence-electron chi connectivity index (χ1n) is 10.6. The van der Waals surface area contributed by atoms with Crippen molar-refractivity contribution in [3.63, 3.8) is 0 Å². The molecular formula is C28H15NO4. The first kappa shape index (κ1) is 18.0. The molecule has 0 aliphatic carbocycles. The van der Waals surface area contributed by atoms with Crippen LogP contribution >= 0.6 is 0 Å². The standard InChI is InChI=1S/C28H15NO4/c30-27-21-3-1-2-4-25(21)32-15-23(27)19-12-22-20-7-5-17(13-26(20)33-28(22)29-14-19)16-6-8-24-18(11-16)9-10-31-24/h1-15H. The summed E-state index contributed by atoms with van der Waals surface area (Å²) in [6.07, 6.45) is 4.84. The van der Waals surface area contributed by atoms with Crippen LogP contribution in [0.1, 0.15) is 0 Å². The molecule has 0 amide bonds. The van der Waals surface area contributed by atoms with Gasteiger partial charge in [0.25, 0.3) is 0 Å². The van der Waals surface area contributed by atoms with Crippen molar-refractivity contribution >= 4 is 44.0 Å². The molecule has 0 bridgehead atoms. The Balaban J connectivity index is 1.38. The first-order valence-corrected chi connectivity index (χ1v) is 10.6. The molecule has 7 aromatic rings. The largest absolute Gasteiger partial charge is 0.464 e. The van der Waals surface area contributed by atoms with Gasteiger partial charge in [0.15, 0.2) is 0 Å². The highest BCUT2D eigenvalue weighted by atomic mass is 16.3. The number of hydrogen-bond donors (Lipinski definition) is 0. The Morgan fingerprint density at radius 1 is 0.667 bits per heavy atom. The molecule has 156 valence electrons. The number of pyridine rings is 1. The second kappa shape index (κ2) is 6.68. The van der Waals surface area contributed by atoms with E-state index in [0.717, 1.165) is 38.5 Å². The molecule has 4 heterocycles. The van der Waals surface area contributed by atoms with Crippen molar-refractivity contribution in [3.05, 3.63) is 102 Å². The number of furan rings is 2. The highest BCUT2D eigenvalue weighted by molar-refractivity contribution is 6.06. The molecule has 0 aliphatic rings. The zero-order chi connectivity index (χ0) is 21.9. The van der Waals surface area contributed by atoms with Crippen LogP contribution in [0.4, 0.5) is 0 Å². The summed E-state index contributed by atoms with van der Waals surface area (Å²) >= 11 is 0. The molecule has 4 aromatic heterocycles. The van der Waals surface area contributed by atoms with Crippen molar-refractivity contribution in [1.82, 2.24) is 4.98 Å². The molecule has 0 saturated heterocycles. The highest BCUT2D eigenvalue weighted by Gasteiger charge is 2.14. The average Bonchev–Trinajstić information content (AvgIpc) is 3.47. The van der Waals surface area contributed by atoms with Crippen LogP contribution < -0.4 is 5.43 Å². The van der Waals surface area contributed by atoms with E-state index in [1.165, 1.54) is 6.26 Å². The van der Waals surface area contributed by atoms with Crippen molar-refractivity contribution in [2.24, 2.45) is 0 Å². The summed E-state index contributed by atoms with van der Waals surface area (Å²) < 4.78 is 17.2. The highest BCUT2D eigenvalue weighted by Crippen LogP contribution is 2.34. The molecule has 33 heavy (non-hydrogen) atoms. The van der Waals surface area contributed by atoms with E-state index >= 15 is 0 Å². The van der Waals surface area contributed by atoms with E-state index in [0.29, 0.717) is 27.8 Å². The van der Waals surface area contributed by atoms with Crippen molar-refractivity contribution in [3.8, 4) is 22.3 Å². The number of rotatable bonds is 2. The van der Waals surface area contributed by atoms with Crippen LogP contribution in [0.3, 0.4) is 0 Å². The van der Waals surface area contributed by atoms with E-state index in [4.69, 9.17) is 13.3 Å². The van der Waals surface area contributed by atoms with Crippen molar-refractivity contribution in [2.75, 3.05) is 0 Å². The summed E-state index contributed by atoms with van der Waals surface area (Å²) in [4.78, 5) is 17.5. The molecule has 0 N–H and O–H groups in total. The van der Waals surface area contributed by atoms with Crippen LogP contribution in [0.25, 0.3) is 66.3 Å². The van der Waals surface area contributed by atoms with Gasteiger partial charge in [-0.1, -0.05) is 24.3 Å². The van der Waals surface area contributed by atoms with E-state index in [2.05, 4.69) is 17.1 Å². The summed E-state index contributed by atoms with van der Waals surface area (Å²) in [5, 5.41) is 3.40. The minimum absolute atomic E-state index is 0.0808. The molecule has 0 radical (unpaired) electrons. The molecule has 3 aromatic carbocycles. The van der Waals surface area contributed by atoms with Gasteiger partial charge in [0.1, 0.15) is 23.0 Å². The van der Waals surface area contributed by atoms with Gasteiger partial charge in [0.05, 0.1) is 17.2 Å².